The van der Waals surface area contributed by atoms with Crippen molar-refractivity contribution in [2.24, 2.45) is 0 Å². The number of unbranched alkanes of at least 4 members (excludes halogenated alkanes) is 2. The number of rotatable bonds is 15. The molecule has 4 aliphatic heterocycles. The van der Waals surface area contributed by atoms with Gasteiger partial charge in [0.05, 0.1) is 30.0 Å². The number of halogens is 1. The van der Waals surface area contributed by atoms with Crippen LogP contribution in [0.3, 0.4) is 0 Å². The Morgan fingerprint density at radius 1 is 0.910 bits per heavy atom. The lowest BCUT2D eigenvalue weighted by atomic mass is 10.0. The van der Waals surface area contributed by atoms with Crippen molar-refractivity contribution in [3.63, 3.8) is 0 Å². The number of piperidine rings is 2. The van der Waals surface area contributed by atoms with Gasteiger partial charge in [0.15, 0.2) is 5.82 Å². The van der Waals surface area contributed by atoms with E-state index in [9.17, 15) is 23.7 Å². The summed E-state index contributed by atoms with van der Waals surface area (Å²) in [6.07, 6.45) is 6.70. The first-order chi connectivity index (χ1) is 32.5. The second-order valence-electron chi connectivity index (χ2n) is 16.8. The highest BCUT2D eigenvalue weighted by molar-refractivity contribution is 7.62. The van der Waals surface area contributed by atoms with E-state index < -0.39 is 19.5 Å². The van der Waals surface area contributed by atoms with Crippen LogP contribution in [-0.4, -0.2) is 121 Å². The van der Waals surface area contributed by atoms with Crippen LogP contribution >= 0.6 is 19.2 Å². The van der Waals surface area contributed by atoms with Crippen LogP contribution in [-0.2, 0) is 34.5 Å². The summed E-state index contributed by atoms with van der Waals surface area (Å²) >= 11 is 6.49. The predicted octanol–water partition coefficient (Wildman–Crippen LogP) is 6.22. The van der Waals surface area contributed by atoms with Crippen LogP contribution in [0.25, 0.3) is 0 Å². The Labute approximate surface area is 395 Å². The van der Waals surface area contributed by atoms with E-state index in [2.05, 4.69) is 53.6 Å². The van der Waals surface area contributed by atoms with Crippen molar-refractivity contribution in [2.75, 3.05) is 76.1 Å². The van der Waals surface area contributed by atoms with E-state index in [1.54, 1.807) is 48.4 Å². The molecule has 67 heavy (non-hydrogen) atoms. The molecule has 1 aromatic heterocycles. The highest BCUT2D eigenvalue weighted by Crippen LogP contribution is 2.47. The van der Waals surface area contributed by atoms with Gasteiger partial charge in [-0.3, -0.25) is 34.0 Å². The molecule has 5 heterocycles. The highest BCUT2D eigenvalue weighted by Gasteiger charge is 2.40. The van der Waals surface area contributed by atoms with Crippen LogP contribution < -0.4 is 30.9 Å². The number of nitrogens with one attached hydrogen (secondary N) is 3. The van der Waals surface area contributed by atoms with Crippen LogP contribution in [0, 0.1) is 11.8 Å². The maximum absolute atomic E-state index is 13.2. The zero-order valence-electron chi connectivity index (χ0n) is 37.9. The average molecular weight is 952 g/mol. The van der Waals surface area contributed by atoms with Gasteiger partial charge >= 0.3 is 7.60 Å². The number of benzene rings is 3. The summed E-state index contributed by atoms with van der Waals surface area (Å²) in [5, 5.41) is 9.34. The van der Waals surface area contributed by atoms with Gasteiger partial charge in [0.2, 0.25) is 23.7 Å². The number of para-hydroxylation sites is 1. The van der Waals surface area contributed by atoms with Crippen LogP contribution in [0.5, 0.6) is 5.75 Å². The Kier molecular flexibility index (Phi) is 15.1. The van der Waals surface area contributed by atoms with Gasteiger partial charge in [0.25, 0.3) is 5.91 Å². The SMILES string of the molecule is COc1cc(N2CCC(N3CCN(C(=O)CCCCC#Cc4cccc5c4CN(C4CCC(=O)NC4=O)C5=O)CC3)CC2)ccc1Nc1ncc(Cl)c(Nc2ccccc2P(=O)(OC)OC)n1. The fraction of sp³-hybridized carbons (Fsp3) is 0.417. The molecular formula is C48H55ClN9O8P. The van der Waals surface area contributed by atoms with Crippen molar-refractivity contribution in [3.05, 3.63) is 88.6 Å². The summed E-state index contributed by atoms with van der Waals surface area (Å²) in [6, 6.07) is 18.2. The van der Waals surface area contributed by atoms with Gasteiger partial charge in [-0.25, -0.2) is 4.98 Å². The number of amides is 4. The molecule has 4 aromatic rings. The molecule has 0 spiro atoms. The Bertz CT molecular complexity index is 2620. The first-order valence-electron chi connectivity index (χ1n) is 22.6. The average Bonchev–Trinajstić information content (AvgIpc) is 3.69. The molecule has 3 fully saturated rings. The summed E-state index contributed by atoms with van der Waals surface area (Å²) < 4.78 is 29.5. The van der Waals surface area contributed by atoms with Crippen molar-refractivity contribution in [3.8, 4) is 17.6 Å². The topological polar surface area (TPSA) is 188 Å². The van der Waals surface area contributed by atoms with Gasteiger partial charge in [-0.2, -0.15) is 4.98 Å². The van der Waals surface area contributed by atoms with Gasteiger partial charge in [-0.05, 0) is 74.1 Å². The quantitative estimate of drug-likeness (QED) is 0.0527. The standard InChI is InChI=1S/C48H55ClN9O8P/c1-64-41-29-34(17-18-38(41)52-48-50-30-37(49)45(54-48)51-39-14-8-9-15-42(39)67(63,65-2)66-3)55-23-21-33(22-24-55)56-25-27-57(28-26-56)44(60)16-7-5-4-6-11-32-12-10-13-35-36(32)31-58(47(35)62)40-19-20-43(59)53-46(40)61/h8-10,12-15,17-18,29-30,33,40H,4-5,7,16,19-28,31H2,1-3H3,(H,53,59,61)(H2,50,51,52,54). The summed E-state index contributed by atoms with van der Waals surface area (Å²) in [5.41, 5.74) is 4.32. The number of nitrogens with zero attached hydrogens (tertiary/aromatic N) is 6. The molecule has 352 valence electrons. The van der Waals surface area contributed by atoms with Crippen molar-refractivity contribution in [1.82, 2.24) is 30.0 Å². The second-order valence-corrected chi connectivity index (χ2v) is 19.4. The van der Waals surface area contributed by atoms with E-state index in [4.69, 9.17) is 25.4 Å². The van der Waals surface area contributed by atoms with Gasteiger partial charge in [-0.15, -0.1) is 0 Å². The highest BCUT2D eigenvalue weighted by atomic mass is 35.5. The van der Waals surface area contributed by atoms with E-state index in [-0.39, 0.29) is 35.1 Å². The van der Waals surface area contributed by atoms with Crippen molar-refractivity contribution in [2.45, 2.75) is 70.0 Å². The van der Waals surface area contributed by atoms with Crippen molar-refractivity contribution in [1.29, 1.82) is 0 Å². The number of ether oxygens (including phenoxy) is 1. The fourth-order valence-electron chi connectivity index (χ4n) is 9.17. The molecular weight excluding hydrogens is 897 g/mol. The largest absolute Gasteiger partial charge is 0.494 e. The number of fused-ring (bicyclic) bond motifs is 1. The van der Waals surface area contributed by atoms with E-state index in [1.807, 2.05) is 23.1 Å². The lowest BCUT2D eigenvalue weighted by Crippen LogP contribution is -2.54. The third-order valence-corrected chi connectivity index (χ3v) is 15.1. The summed E-state index contributed by atoms with van der Waals surface area (Å²) in [6.45, 7) is 5.25. The van der Waals surface area contributed by atoms with E-state index >= 15 is 0 Å². The lowest BCUT2D eigenvalue weighted by molar-refractivity contribution is -0.137. The molecule has 0 radical (unpaired) electrons. The smallest absolute Gasteiger partial charge is 0.362 e. The molecule has 17 nitrogen and oxygen atoms in total. The Balaban J connectivity index is 0.766. The molecule has 3 aromatic carbocycles. The zero-order chi connectivity index (χ0) is 47.1. The minimum Gasteiger partial charge on any atom is -0.494 e. The van der Waals surface area contributed by atoms with E-state index in [0.29, 0.717) is 65.7 Å². The van der Waals surface area contributed by atoms with Crippen LogP contribution in [0.2, 0.25) is 5.02 Å². The number of imide groups is 1. The van der Waals surface area contributed by atoms with Crippen LogP contribution in [0.1, 0.15) is 72.9 Å². The number of carbonyl (C=O) groups is 4. The van der Waals surface area contributed by atoms with Gasteiger partial charge < -0.3 is 39.1 Å². The monoisotopic (exact) mass is 951 g/mol. The molecule has 0 bridgehead atoms. The maximum Gasteiger partial charge on any atom is 0.362 e. The predicted molar refractivity (Wildman–Crippen MR) is 256 cm³/mol. The van der Waals surface area contributed by atoms with Crippen molar-refractivity contribution < 1.29 is 37.5 Å². The summed E-state index contributed by atoms with van der Waals surface area (Å²) in [7, 11) is 0.708. The molecule has 3 saturated heterocycles. The number of hydrogen-bond donors (Lipinski definition) is 3. The summed E-state index contributed by atoms with van der Waals surface area (Å²) in [4.78, 5) is 67.8. The molecule has 4 amide bonds. The third kappa shape index (κ3) is 10.7. The number of carbonyl (C=O) groups excluding carboxylic acids is 4. The molecule has 3 N–H and O–H groups in total. The van der Waals surface area contributed by atoms with Gasteiger partial charge in [0.1, 0.15) is 16.8 Å². The number of anilines is 5. The maximum atomic E-state index is 13.2. The first-order valence-corrected chi connectivity index (χ1v) is 24.5. The molecule has 0 saturated carbocycles. The molecule has 8 rings (SSSR count). The Hall–Kier alpha value is -6.02. The zero-order valence-corrected chi connectivity index (χ0v) is 39.5. The Morgan fingerprint density at radius 2 is 1.69 bits per heavy atom. The minimum atomic E-state index is -3.57. The number of piperazine rings is 1. The molecule has 1 unspecified atom stereocenters. The van der Waals surface area contributed by atoms with Crippen LogP contribution in [0.4, 0.5) is 28.8 Å². The molecule has 19 heteroatoms. The number of methoxy groups -OCH3 is 1. The van der Waals surface area contributed by atoms with Crippen molar-refractivity contribution >= 4 is 77.0 Å². The number of aromatic nitrogens is 2. The minimum absolute atomic E-state index is 0.186. The lowest BCUT2D eigenvalue weighted by Gasteiger charge is -2.43. The fourth-order valence-corrected chi connectivity index (χ4v) is 10.5. The van der Waals surface area contributed by atoms with Gasteiger partial charge in [-0.1, -0.05) is 41.6 Å². The van der Waals surface area contributed by atoms with Crippen LogP contribution in [0.15, 0.2) is 66.9 Å². The first kappa shape index (κ1) is 47.5. The summed E-state index contributed by atoms with van der Waals surface area (Å²) in [5.74, 6) is 6.88. The second kappa shape index (κ2) is 21.3. The van der Waals surface area contributed by atoms with E-state index in [0.717, 1.165) is 81.8 Å². The Morgan fingerprint density at radius 3 is 2.43 bits per heavy atom. The van der Waals surface area contributed by atoms with E-state index in [1.165, 1.54) is 20.4 Å². The third-order valence-electron chi connectivity index (χ3n) is 12.9. The van der Waals surface area contributed by atoms with Gasteiger partial charge in [0, 0.05) is 108 Å². The number of hydrogen-bond acceptors (Lipinski definition) is 14. The molecule has 1 atom stereocenters. The normalized spacial score (nSPS) is 18.0. The molecule has 4 aliphatic rings. The molecule has 0 aliphatic carbocycles.